The Kier molecular flexibility index (Phi) is 5.63. The summed E-state index contributed by atoms with van der Waals surface area (Å²) in [7, 11) is 0. The molecule has 0 unspecified atom stereocenters. The summed E-state index contributed by atoms with van der Waals surface area (Å²) in [5, 5.41) is 7.17. The topological polar surface area (TPSA) is 75.4 Å². The van der Waals surface area contributed by atoms with Crippen molar-refractivity contribution in [3.8, 4) is 0 Å². The summed E-state index contributed by atoms with van der Waals surface area (Å²) in [6.45, 7) is 10.4. The van der Waals surface area contributed by atoms with Gasteiger partial charge >= 0.3 is 0 Å². The number of fused-ring (bicyclic) bond motifs is 1. The average molecular weight is 344 g/mol. The van der Waals surface area contributed by atoms with Gasteiger partial charge in [-0.15, -0.1) is 5.10 Å². The van der Waals surface area contributed by atoms with Crippen molar-refractivity contribution >= 4 is 11.7 Å². The molecule has 2 aromatic heterocycles. The van der Waals surface area contributed by atoms with Crippen LogP contribution < -0.4 is 5.32 Å². The lowest BCUT2D eigenvalue weighted by Crippen LogP contribution is -2.35. The Bertz CT molecular complexity index is 740. The highest BCUT2D eigenvalue weighted by atomic mass is 16.2. The van der Waals surface area contributed by atoms with E-state index in [1.54, 1.807) is 4.52 Å². The van der Waals surface area contributed by atoms with Crippen molar-refractivity contribution < 1.29 is 4.79 Å². The number of piperidine rings is 1. The number of hydrogen-bond donors (Lipinski definition) is 1. The highest BCUT2D eigenvalue weighted by molar-refractivity contribution is 5.90. The average Bonchev–Trinajstić information content (AvgIpc) is 2.99. The van der Waals surface area contributed by atoms with E-state index in [0.717, 1.165) is 36.7 Å². The first-order valence-electron chi connectivity index (χ1n) is 9.24. The highest BCUT2D eigenvalue weighted by Gasteiger charge is 2.16. The fourth-order valence-electron chi connectivity index (χ4n) is 3.49. The van der Waals surface area contributed by atoms with Crippen LogP contribution in [0.25, 0.3) is 5.78 Å². The number of hydrogen-bond acceptors (Lipinski definition) is 5. The molecular weight excluding hydrogens is 316 g/mol. The molecule has 0 spiro atoms. The Morgan fingerprint density at radius 1 is 1.32 bits per heavy atom. The SMILES string of the molecule is Cc1cc(C)n2nc(C(=O)NCCCCN3CCC[C@@H](C)C3)nc2n1. The molecule has 0 radical (unpaired) electrons. The molecule has 0 aliphatic carbocycles. The second kappa shape index (κ2) is 7.91. The van der Waals surface area contributed by atoms with Crippen LogP contribution in [0.3, 0.4) is 0 Å². The first kappa shape index (κ1) is 17.8. The zero-order valence-electron chi connectivity index (χ0n) is 15.5. The maximum atomic E-state index is 12.2. The van der Waals surface area contributed by atoms with Crippen molar-refractivity contribution in [2.24, 2.45) is 5.92 Å². The van der Waals surface area contributed by atoms with Crippen molar-refractivity contribution in [1.29, 1.82) is 0 Å². The summed E-state index contributed by atoms with van der Waals surface area (Å²) < 4.78 is 1.61. The van der Waals surface area contributed by atoms with E-state index in [4.69, 9.17) is 0 Å². The van der Waals surface area contributed by atoms with Gasteiger partial charge in [-0.05, 0) is 64.6 Å². The molecule has 3 heterocycles. The molecule has 1 aliphatic rings. The Morgan fingerprint density at radius 2 is 2.16 bits per heavy atom. The molecule has 7 heteroatoms. The third-order valence-corrected chi connectivity index (χ3v) is 4.75. The lowest BCUT2D eigenvalue weighted by molar-refractivity contribution is 0.0942. The van der Waals surface area contributed by atoms with Crippen molar-refractivity contribution in [1.82, 2.24) is 29.8 Å². The molecule has 1 N–H and O–H groups in total. The number of nitrogens with zero attached hydrogens (tertiary/aromatic N) is 5. The van der Waals surface area contributed by atoms with Crippen LogP contribution in [0, 0.1) is 19.8 Å². The van der Waals surface area contributed by atoms with Crippen molar-refractivity contribution in [2.45, 2.75) is 46.5 Å². The second-order valence-electron chi connectivity index (χ2n) is 7.20. The van der Waals surface area contributed by atoms with Crippen LogP contribution in [-0.4, -0.2) is 56.6 Å². The van der Waals surface area contributed by atoms with Gasteiger partial charge in [0.05, 0.1) is 0 Å². The van der Waals surface area contributed by atoms with Crippen LogP contribution in [0.1, 0.15) is 54.6 Å². The number of nitrogens with one attached hydrogen (secondary N) is 1. The van der Waals surface area contributed by atoms with Gasteiger partial charge < -0.3 is 10.2 Å². The largest absolute Gasteiger partial charge is 0.349 e. The third-order valence-electron chi connectivity index (χ3n) is 4.75. The fraction of sp³-hybridized carbons (Fsp3) is 0.667. The summed E-state index contributed by atoms with van der Waals surface area (Å²) >= 11 is 0. The molecule has 0 aromatic carbocycles. The first-order chi connectivity index (χ1) is 12.0. The minimum absolute atomic E-state index is 0.186. The summed E-state index contributed by atoms with van der Waals surface area (Å²) in [5.74, 6) is 1.25. The number of unbranched alkanes of at least 4 members (excludes halogenated alkanes) is 1. The van der Waals surface area contributed by atoms with E-state index in [2.05, 4.69) is 32.2 Å². The van der Waals surface area contributed by atoms with E-state index in [1.165, 1.54) is 25.9 Å². The van der Waals surface area contributed by atoms with Gasteiger partial charge in [0.2, 0.25) is 5.82 Å². The minimum Gasteiger partial charge on any atom is -0.349 e. The van der Waals surface area contributed by atoms with Gasteiger partial charge in [-0.25, -0.2) is 9.50 Å². The molecule has 2 aromatic rings. The minimum atomic E-state index is -0.228. The number of likely N-dealkylation sites (tertiary alicyclic amines) is 1. The number of aryl methyl sites for hydroxylation is 2. The monoisotopic (exact) mass is 344 g/mol. The lowest BCUT2D eigenvalue weighted by atomic mass is 10.0. The highest BCUT2D eigenvalue weighted by Crippen LogP contribution is 2.15. The Balaban J connectivity index is 1.44. The maximum absolute atomic E-state index is 12.2. The molecule has 1 atom stereocenters. The van der Waals surface area contributed by atoms with Gasteiger partial charge in [-0.2, -0.15) is 4.98 Å². The molecule has 25 heavy (non-hydrogen) atoms. The Labute approximate surface area is 148 Å². The number of aromatic nitrogens is 4. The summed E-state index contributed by atoms with van der Waals surface area (Å²) in [6.07, 6.45) is 4.74. The molecule has 1 aliphatic heterocycles. The first-order valence-corrected chi connectivity index (χ1v) is 9.24. The molecule has 1 saturated heterocycles. The Hall–Kier alpha value is -2.02. The summed E-state index contributed by atoms with van der Waals surface area (Å²) in [6, 6.07) is 1.92. The predicted molar refractivity (Wildman–Crippen MR) is 96.7 cm³/mol. The third kappa shape index (κ3) is 4.54. The van der Waals surface area contributed by atoms with Gasteiger partial charge in [-0.3, -0.25) is 4.79 Å². The zero-order chi connectivity index (χ0) is 17.8. The van der Waals surface area contributed by atoms with Crippen LogP contribution in [-0.2, 0) is 0 Å². The summed E-state index contributed by atoms with van der Waals surface area (Å²) in [5.41, 5.74) is 1.79. The van der Waals surface area contributed by atoms with Crippen LogP contribution in [0.2, 0.25) is 0 Å². The normalized spacial score (nSPS) is 18.6. The summed E-state index contributed by atoms with van der Waals surface area (Å²) in [4.78, 5) is 23.3. The van der Waals surface area contributed by atoms with Gasteiger partial charge in [0.15, 0.2) is 0 Å². The van der Waals surface area contributed by atoms with E-state index in [-0.39, 0.29) is 11.7 Å². The van der Waals surface area contributed by atoms with E-state index in [9.17, 15) is 4.79 Å². The van der Waals surface area contributed by atoms with E-state index in [1.807, 2.05) is 19.9 Å². The Morgan fingerprint density at radius 3 is 2.96 bits per heavy atom. The molecule has 0 saturated carbocycles. The van der Waals surface area contributed by atoms with Crippen LogP contribution >= 0.6 is 0 Å². The standard InChI is InChI=1S/C18H28N6O/c1-13-7-6-10-23(12-13)9-5-4-8-19-17(25)16-21-18-20-14(2)11-15(3)24(18)22-16/h11,13H,4-10,12H2,1-3H3,(H,19,25)/t13-/m1/s1. The van der Waals surface area contributed by atoms with Crippen LogP contribution in [0.15, 0.2) is 6.07 Å². The lowest BCUT2D eigenvalue weighted by Gasteiger charge is -2.30. The zero-order valence-corrected chi connectivity index (χ0v) is 15.5. The van der Waals surface area contributed by atoms with Crippen LogP contribution in [0.5, 0.6) is 0 Å². The molecule has 1 amide bonds. The number of carbonyl (C=O) groups is 1. The number of amides is 1. The van der Waals surface area contributed by atoms with E-state index < -0.39 is 0 Å². The predicted octanol–water partition coefficient (Wildman–Crippen LogP) is 1.98. The van der Waals surface area contributed by atoms with Gasteiger partial charge in [-0.1, -0.05) is 6.92 Å². The fourth-order valence-corrected chi connectivity index (χ4v) is 3.49. The van der Waals surface area contributed by atoms with Crippen molar-refractivity contribution in [3.05, 3.63) is 23.3 Å². The smallest absolute Gasteiger partial charge is 0.291 e. The second-order valence-corrected chi connectivity index (χ2v) is 7.20. The maximum Gasteiger partial charge on any atom is 0.291 e. The van der Waals surface area contributed by atoms with Crippen molar-refractivity contribution in [3.63, 3.8) is 0 Å². The number of rotatable bonds is 6. The molecule has 3 rings (SSSR count). The van der Waals surface area contributed by atoms with E-state index in [0.29, 0.717) is 12.3 Å². The molecule has 7 nitrogen and oxygen atoms in total. The molecule has 0 bridgehead atoms. The van der Waals surface area contributed by atoms with Gasteiger partial charge in [0.1, 0.15) is 0 Å². The van der Waals surface area contributed by atoms with Gasteiger partial charge in [0.25, 0.3) is 11.7 Å². The van der Waals surface area contributed by atoms with E-state index >= 15 is 0 Å². The molecular formula is C18H28N6O. The molecule has 136 valence electrons. The van der Waals surface area contributed by atoms with Gasteiger partial charge in [0, 0.05) is 24.5 Å². The van der Waals surface area contributed by atoms with Crippen molar-refractivity contribution in [2.75, 3.05) is 26.2 Å². The van der Waals surface area contributed by atoms with Crippen LogP contribution in [0.4, 0.5) is 0 Å². The molecule has 1 fully saturated rings. The number of carbonyl (C=O) groups excluding carboxylic acids is 1. The quantitative estimate of drug-likeness (QED) is 0.811.